The van der Waals surface area contributed by atoms with Crippen LogP contribution < -0.4 is 10.6 Å². The van der Waals surface area contributed by atoms with Crippen molar-refractivity contribution in [1.29, 1.82) is 0 Å². The highest BCUT2D eigenvalue weighted by Gasteiger charge is 2.35. The molecule has 0 spiro atoms. The summed E-state index contributed by atoms with van der Waals surface area (Å²) in [7, 11) is 0. The van der Waals surface area contributed by atoms with E-state index in [1.54, 1.807) is 0 Å². The standard InChI is InChI=1S/C5H6N2O5/c8-1-3(9)6-2(5(11)12)7-4(1)10/h1-2,8H,(H,6,9)(H,7,10)(H,11,12). The topological polar surface area (TPSA) is 116 Å². The monoisotopic (exact) mass is 174 g/mol. The summed E-state index contributed by atoms with van der Waals surface area (Å²) in [6.07, 6.45) is -3.27. The van der Waals surface area contributed by atoms with E-state index in [-0.39, 0.29) is 0 Å². The minimum atomic E-state index is -1.82. The second-order valence-electron chi connectivity index (χ2n) is 2.19. The molecule has 0 atom stereocenters. The van der Waals surface area contributed by atoms with Crippen LogP contribution in [0.25, 0.3) is 0 Å². The van der Waals surface area contributed by atoms with Gasteiger partial charge in [-0.25, -0.2) is 4.79 Å². The Kier molecular flexibility index (Phi) is 1.96. The third-order valence-corrected chi connectivity index (χ3v) is 1.32. The van der Waals surface area contributed by atoms with E-state index in [1.807, 2.05) is 10.6 Å². The van der Waals surface area contributed by atoms with Crippen LogP contribution in [-0.4, -0.2) is 40.3 Å². The molecule has 7 nitrogen and oxygen atoms in total. The van der Waals surface area contributed by atoms with Crippen molar-refractivity contribution >= 4 is 17.8 Å². The molecule has 1 aliphatic heterocycles. The number of hydrogen-bond acceptors (Lipinski definition) is 4. The predicted molar refractivity (Wildman–Crippen MR) is 33.7 cm³/mol. The van der Waals surface area contributed by atoms with Crippen molar-refractivity contribution in [3.05, 3.63) is 0 Å². The molecule has 7 heteroatoms. The van der Waals surface area contributed by atoms with Crippen LogP contribution in [0.5, 0.6) is 0 Å². The van der Waals surface area contributed by atoms with Gasteiger partial charge in [0.15, 0.2) is 0 Å². The van der Waals surface area contributed by atoms with Gasteiger partial charge in [-0.2, -0.15) is 0 Å². The molecule has 12 heavy (non-hydrogen) atoms. The molecule has 0 aliphatic carbocycles. The first kappa shape index (κ1) is 8.47. The minimum Gasteiger partial charge on any atom is -0.478 e. The van der Waals surface area contributed by atoms with E-state index in [0.717, 1.165) is 0 Å². The molecule has 0 bridgehead atoms. The summed E-state index contributed by atoms with van der Waals surface area (Å²) < 4.78 is 0. The number of carbonyl (C=O) groups is 3. The zero-order valence-electron chi connectivity index (χ0n) is 5.77. The van der Waals surface area contributed by atoms with Gasteiger partial charge < -0.3 is 20.8 Å². The fraction of sp³-hybridized carbons (Fsp3) is 0.400. The molecule has 1 aliphatic rings. The highest BCUT2D eigenvalue weighted by Crippen LogP contribution is 1.94. The molecule has 1 rings (SSSR count). The van der Waals surface area contributed by atoms with Gasteiger partial charge in [-0.15, -0.1) is 0 Å². The van der Waals surface area contributed by atoms with Crippen molar-refractivity contribution in [2.24, 2.45) is 0 Å². The maximum absolute atomic E-state index is 10.6. The Hall–Kier alpha value is -1.63. The van der Waals surface area contributed by atoms with Crippen LogP contribution in [0, 0.1) is 0 Å². The first-order valence-electron chi connectivity index (χ1n) is 3.04. The number of carboxylic acid groups (broad SMARTS) is 1. The first-order valence-corrected chi connectivity index (χ1v) is 3.04. The number of nitrogens with one attached hydrogen (secondary N) is 2. The fourth-order valence-corrected chi connectivity index (χ4v) is 0.721. The van der Waals surface area contributed by atoms with Gasteiger partial charge in [0, 0.05) is 0 Å². The largest absolute Gasteiger partial charge is 0.478 e. The van der Waals surface area contributed by atoms with Crippen molar-refractivity contribution in [3.63, 3.8) is 0 Å². The fourth-order valence-electron chi connectivity index (χ4n) is 0.721. The highest BCUT2D eigenvalue weighted by molar-refractivity contribution is 6.07. The van der Waals surface area contributed by atoms with Crippen molar-refractivity contribution in [2.75, 3.05) is 0 Å². The van der Waals surface area contributed by atoms with Gasteiger partial charge in [-0.05, 0) is 0 Å². The Morgan fingerprint density at radius 1 is 1.25 bits per heavy atom. The van der Waals surface area contributed by atoms with Crippen LogP contribution in [0.1, 0.15) is 0 Å². The Labute approximate surface area is 66.4 Å². The molecule has 1 fully saturated rings. The zero-order valence-corrected chi connectivity index (χ0v) is 5.77. The molecule has 0 aromatic rings. The van der Waals surface area contributed by atoms with Crippen LogP contribution in [0.3, 0.4) is 0 Å². The number of hydrogen-bond donors (Lipinski definition) is 4. The lowest BCUT2D eigenvalue weighted by atomic mass is 10.2. The van der Waals surface area contributed by atoms with Crippen LogP contribution in [0.2, 0.25) is 0 Å². The van der Waals surface area contributed by atoms with E-state index in [1.165, 1.54) is 0 Å². The number of rotatable bonds is 1. The third-order valence-electron chi connectivity index (χ3n) is 1.32. The molecular weight excluding hydrogens is 168 g/mol. The Bertz CT molecular complexity index is 232. The second kappa shape index (κ2) is 2.78. The summed E-state index contributed by atoms with van der Waals surface area (Å²) in [5.41, 5.74) is 0. The van der Waals surface area contributed by atoms with Crippen LogP contribution in [-0.2, 0) is 14.4 Å². The summed E-state index contributed by atoms with van der Waals surface area (Å²) in [6.45, 7) is 0. The maximum Gasteiger partial charge on any atom is 0.347 e. The molecule has 0 radical (unpaired) electrons. The van der Waals surface area contributed by atoms with Crippen molar-refractivity contribution < 1.29 is 24.6 Å². The van der Waals surface area contributed by atoms with Crippen LogP contribution >= 0.6 is 0 Å². The molecule has 0 saturated carbocycles. The Balaban J connectivity index is 2.72. The van der Waals surface area contributed by atoms with Crippen molar-refractivity contribution in [3.8, 4) is 0 Å². The molecule has 0 aromatic heterocycles. The number of aliphatic carboxylic acids is 1. The number of carbonyl (C=O) groups excluding carboxylic acids is 2. The summed E-state index contributed by atoms with van der Waals surface area (Å²) in [6, 6.07) is 0. The van der Waals surface area contributed by atoms with E-state index in [0.29, 0.717) is 0 Å². The van der Waals surface area contributed by atoms with Gasteiger partial charge in [-0.1, -0.05) is 0 Å². The van der Waals surface area contributed by atoms with Gasteiger partial charge in [-0.3, -0.25) is 9.59 Å². The molecular formula is C5H6N2O5. The average Bonchev–Trinajstić information content (AvgIpc) is 1.99. The number of amides is 2. The van der Waals surface area contributed by atoms with Gasteiger partial charge in [0.1, 0.15) is 0 Å². The average molecular weight is 174 g/mol. The summed E-state index contributed by atoms with van der Waals surface area (Å²) in [5, 5.41) is 20.8. The van der Waals surface area contributed by atoms with Gasteiger partial charge in [0.25, 0.3) is 11.8 Å². The molecule has 4 N–H and O–H groups in total. The van der Waals surface area contributed by atoms with E-state index in [9.17, 15) is 14.4 Å². The quantitative estimate of drug-likeness (QED) is 0.316. The Morgan fingerprint density at radius 2 is 1.67 bits per heavy atom. The minimum absolute atomic E-state index is 1.01. The van der Waals surface area contributed by atoms with Crippen LogP contribution in [0.4, 0.5) is 0 Å². The van der Waals surface area contributed by atoms with E-state index < -0.39 is 30.1 Å². The third kappa shape index (κ3) is 1.35. The van der Waals surface area contributed by atoms with E-state index in [4.69, 9.17) is 10.2 Å². The maximum atomic E-state index is 10.6. The van der Waals surface area contributed by atoms with E-state index in [2.05, 4.69) is 0 Å². The summed E-state index contributed by atoms with van der Waals surface area (Å²) in [5.74, 6) is -3.40. The molecule has 2 amide bonds. The number of aliphatic hydroxyl groups excluding tert-OH is 1. The first-order chi connectivity index (χ1) is 5.52. The zero-order chi connectivity index (χ0) is 9.30. The lowest BCUT2D eigenvalue weighted by Gasteiger charge is -2.23. The van der Waals surface area contributed by atoms with Gasteiger partial charge >= 0.3 is 5.97 Å². The lowest BCUT2D eigenvalue weighted by Crippen LogP contribution is -2.64. The molecule has 0 unspecified atom stereocenters. The SMILES string of the molecule is O=C(O)C1NC(=O)C(O)C(=O)N1. The number of carboxylic acids is 1. The number of aliphatic hydroxyl groups is 1. The Morgan fingerprint density at radius 3 is 2.00 bits per heavy atom. The van der Waals surface area contributed by atoms with Gasteiger partial charge in [0.05, 0.1) is 0 Å². The highest BCUT2D eigenvalue weighted by atomic mass is 16.4. The van der Waals surface area contributed by atoms with Crippen molar-refractivity contribution in [2.45, 2.75) is 12.3 Å². The smallest absolute Gasteiger partial charge is 0.347 e. The summed E-state index contributed by atoms with van der Waals surface area (Å²) in [4.78, 5) is 31.5. The molecule has 66 valence electrons. The molecule has 1 heterocycles. The van der Waals surface area contributed by atoms with Crippen LogP contribution in [0.15, 0.2) is 0 Å². The van der Waals surface area contributed by atoms with Crippen molar-refractivity contribution in [1.82, 2.24) is 10.6 Å². The van der Waals surface area contributed by atoms with E-state index >= 15 is 0 Å². The normalized spacial score (nSPS) is 29.1. The summed E-state index contributed by atoms with van der Waals surface area (Å²) >= 11 is 0. The molecule has 1 saturated heterocycles. The lowest BCUT2D eigenvalue weighted by molar-refractivity contribution is -0.154. The predicted octanol–water partition coefficient (Wildman–Crippen LogP) is -3.00. The second-order valence-corrected chi connectivity index (χ2v) is 2.19. The molecule has 0 aromatic carbocycles. The van der Waals surface area contributed by atoms with Gasteiger partial charge in [0.2, 0.25) is 12.3 Å².